The van der Waals surface area contributed by atoms with Crippen molar-refractivity contribution in [3.8, 4) is 0 Å². The molecule has 0 unspecified atom stereocenters. The number of fused-ring (bicyclic) bond motifs is 1. The van der Waals surface area contributed by atoms with Gasteiger partial charge in [0.05, 0.1) is 0 Å². The van der Waals surface area contributed by atoms with Gasteiger partial charge in [-0.1, -0.05) is 27.6 Å². The molecule has 0 aliphatic carbocycles. The van der Waals surface area contributed by atoms with Crippen molar-refractivity contribution in [1.82, 2.24) is 4.98 Å². The summed E-state index contributed by atoms with van der Waals surface area (Å²) in [5.74, 6) is 0. The van der Waals surface area contributed by atoms with Gasteiger partial charge in [0.1, 0.15) is 0 Å². The van der Waals surface area contributed by atoms with Gasteiger partial charge in [0.2, 0.25) is 5.56 Å². The summed E-state index contributed by atoms with van der Waals surface area (Å²) in [4.78, 5) is 14.1. The molecule has 0 aliphatic rings. The Kier molecular flexibility index (Phi) is 2.42. The van der Waals surface area contributed by atoms with E-state index in [1.54, 1.807) is 6.07 Å². The third-order valence-electron chi connectivity index (χ3n) is 2.23. The van der Waals surface area contributed by atoms with Crippen LogP contribution >= 0.6 is 15.9 Å². The normalized spacial score (nSPS) is 10.7. The van der Waals surface area contributed by atoms with E-state index >= 15 is 0 Å². The zero-order valence-corrected chi connectivity index (χ0v) is 9.39. The summed E-state index contributed by atoms with van der Waals surface area (Å²) in [7, 11) is 0. The lowest BCUT2D eigenvalue weighted by molar-refractivity contribution is 1.27. The van der Waals surface area contributed by atoms with Crippen LogP contribution in [0.1, 0.15) is 11.1 Å². The van der Waals surface area contributed by atoms with Crippen molar-refractivity contribution in [3.63, 3.8) is 0 Å². The summed E-state index contributed by atoms with van der Waals surface area (Å²) in [6.07, 6.45) is 0. The fourth-order valence-corrected chi connectivity index (χ4v) is 2.01. The smallest absolute Gasteiger partial charge is 0.248 e. The molecule has 0 aliphatic heterocycles. The minimum atomic E-state index is -0.0456. The van der Waals surface area contributed by atoms with Crippen molar-refractivity contribution < 1.29 is 0 Å². The maximum atomic E-state index is 11.3. The van der Waals surface area contributed by atoms with Crippen LogP contribution in [0.2, 0.25) is 0 Å². The van der Waals surface area contributed by atoms with Gasteiger partial charge in [-0.25, -0.2) is 0 Å². The first-order chi connectivity index (χ1) is 6.70. The number of H-pyrrole nitrogens is 1. The topological polar surface area (TPSA) is 32.9 Å². The third kappa shape index (κ3) is 1.60. The molecule has 0 atom stereocenters. The van der Waals surface area contributed by atoms with Crippen LogP contribution in [0.5, 0.6) is 0 Å². The monoisotopic (exact) mass is 251 g/mol. The van der Waals surface area contributed by atoms with Crippen LogP contribution in [0.4, 0.5) is 0 Å². The molecule has 1 N–H and O–H groups in total. The van der Waals surface area contributed by atoms with Crippen LogP contribution in [0, 0.1) is 6.92 Å². The number of aromatic nitrogens is 1. The van der Waals surface area contributed by atoms with E-state index in [1.807, 2.05) is 19.1 Å². The van der Waals surface area contributed by atoms with Crippen molar-refractivity contribution in [1.29, 1.82) is 0 Å². The molecule has 1 aromatic carbocycles. The minimum Gasteiger partial charge on any atom is -0.322 e. The average molecular weight is 252 g/mol. The predicted octanol–water partition coefficient (Wildman–Crippen LogP) is 2.73. The van der Waals surface area contributed by atoms with Crippen LogP contribution in [-0.2, 0) is 5.33 Å². The van der Waals surface area contributed by atoms with Gasteiger partial charge in [0, 0.05) is 22.3 Å². The van der Waals surface area contributed by atoms with Gasteiger partial charge >= 0.3 is 0 Å². The van der Waals surface area contributed by atoms with E-state index in [-0.39, 0.29) is 5.56 Å². The lowest BCUT2D eigenvalue weighted by atomic mass is 10.1. The van der Waals surface area contributed by atoms with Gasteiger partial charge in [-0.3, -0.25) is 4.79 Å². The van der Waals surface area contributed by atoms with Gasteiger partial charge in [-0.05, 0) is 24.6 Å². The molecule has 2 aromatic rings. The Morgan fingerprint density at radius 2 is 2.14 bits per heavy atom. The number of hydrogen-bond donors (Lipinski definition) is 1. The number of benzene rings is 1. The highest BCUT2D eigenvalue weighted by atomic mass is 79.9. The molecule has 0 saturated heterocycles. The molecule has 3 heteroatoms. The van der Waals surface area contributed by atoms with Crippen LogP contribution in [-0.4, -0.2) is 4.98 Å². The van der Waals surface area contributed by atoms with E-state index in [0.717, 1.165) is 16.5 Å². The van der Waals surface area contributed by atoms with Crippen molar-refractivity contribution in [2.24, 2.45) is 0 Å². The SMILES string of the molecule is Cc1ccc2[nH]c(=O)cc(CBr)c2c1. The molecule has 72 valence electrons. The molecule has 14 heavy (non-hydrogen) atoms. The average Bonchev–Trinajstić information content (AvgIpc) is 2.17. The van der Waals surface area contributed by atoms with E-state index in [4.69, 9.17) is 0 Å². The van der Waals surface area contributed by atoms with Crippen LogP contribution < -0.4 is 5.56 Å². The molecule has 1 heterocycles. The molecular formula is C11H10BrNO. The van der Waals surface area contributed by atoms with Crippen molar-refractivity contribution in [2.45, 2.75) is 12.3 Å². The fourth-order valence-electron chi connectivity index (χ4n) is 1.55. The Hall–Kier alpha value is -1.09. The highest BCUT2D eigenvalue weighted by Gasteiger charge is 2.01. The first kappa shape index (κ1) is 9.46. The van der Waals surface area contributed by atoms with Gasteiger partial charge in [-0.2, -0.15) is 0 Å². The number of pyridine rings is 1. The maximum absolute atomic E-state index is 11.3. The highest BCUT2D eigenvalue weighted by Crippen LogP contribution is 2.18. The van der Waals surface area contributed by atoms with E-state index in [1.165, 1.54) is 5.56 Å². The predicted molar refractivity (Wildman–Crippen MR) is 61.9 cm³/mol. The van der Waals surface area contributed by atoms with E-state index in [0.29, 0.717) is 5.33 Å². The number of rotatable bonds is 1. The second-order valence-electron chi connectivity index (χ2n) is 3.34. The summed E-state index contributed by atoms with van der Waals surface area (Å²) in [6.45, 7) is 2.04. The molecule has 1 aromatic heterocycles. The number of alkyl halides is 1. The standard InChI is InChI=1S/C11H10BrNO/c1-7-2-3-10-9(4-7)8(6-12)5-11(14)13-10/h2-5H,6H2,1H3,(H,13,14). The van der Waals surface area contributed by atoms with Crippen LogP contribution in [0.25, 0.3) is 10.9 Å². The zero-order chi connectivity index (χ0) is 10.1. The number of nitrogens with one attached hydrogen (secondary N) is 1. The van der Waals surface area contributed by atoms with Crippen molar-refractivity contribution >= 4 is 26.8 Å². The lowest BCUT2D eigenvalue weighted by Crippen LogP contribution is -2.05. The molecule has 0 spiro atoms. The number of aryl methyl sites for hydroxylation is 1. The van der Waals surface area contributed by atoms with E-state index < -0.39 is 0 Å². The zero-order valence-electron chi connectivity index (χ0n) is 7.80. The van der Waals surface area contributed by atoms with Crippen LogP contribution in [0.3, 0.4) is 0 Å². The molecular weight excluding hydrogens is 242 g/mol. The van der Waals surface area contributed by atoms with Gasteiger partial charge in [0.15, 0.2) is 0 Å². The second kappa shape index (κ2) is 3.58. The molecule has 0 saturated carbocycles. The highest BCUT2D eigenvalue weighted by molar-refractivity contribution is 9.08. The lowest BCUT2D eigenvalue weighted by Gasteiger charge is -2.03. The molecule has 0 fully saturated rings. The van der Waals surface area contributed by atoms with E-state index in [9.17, 15) is 4.79 Å². The Morgan fingerprint density at radius 1 is 1.36 bits per heavy atom. The molecule has 0 radical (unpaired) electrons. The first-order valence-electron chi connectivity index (χ1n) is 4.39. The third-order valence-corrected chi connectivity index (χ3v) is 2.83. The minimum absolute atomic E-state index is 0.0456. The summed E-state index contributed by atoms with van der Waals surface area (Å²) in [5, 5.41) is 1.82. The second-order valence-corrected chi connectivity index (χ2v) is 3.90. The van der Waals surface area contributed by atoms with Gasteiger partial charge in [-0.15, -0.1) is 0 Å². The summed E-state index contributed by atoms with van der Waals surface area (Å²) < 4.78 is 0. The summed E-state index contributed by atoms with van der Waals surface area (Å²) >= 11 is 3.38. The Bertz CT molecular complexity index is 530. The Labute approximate surface area is 90.1 Å². The van der Waals surface area contributed by atoms with Crippen molar-refractivity contribution in [2.75, 3.05) is 0 Å². The summed E-state index contributed by atoms with van der Waals surface area (Å²) in [5.41, 5.74) is 3.09. The molecule has 2 nitrogen and oxygen atoms in total. The van der Waals surface area contributed by atoms with Crippen LogP contribution in [0.15, 0.2) is 29.1 Å². The van der Waals surface area contributed by atoms with Gasteiger partial charge < -0.3 is 4.98 Å². The molecule has 0 amide bonds. The summed E-state index contributed by atoms with van der Waals surface area (Å²) in [6, 6.07) is 7.66. The number of halogens is 1. The first-order valence-corrected chi connectivity index (χ1v) is 5.51. The number of aromatic amines is 1. The Morgan fingerprint density at radius 3 is 2.86 bits per heavy atom. The fraction of sp³-hybridized carbons (Fsp3) is 0.182. The maximum Gasteiger partial charge on any atom is 0.248 e. The van der Waals surface area contributed by atoms with Gasteiger partial charge in [0.25, 0.3) is 0 Å². The van der Waals surface area contributed by atoms with Crippen molar-refractivity contribution in [3.05, 3.63) is 45.7 Å². The molecule has 2 rings (SSSR count). The Balaban J connectivity index is 2.88. The van der Waals surface area contributed by atoms with E-state index in [2.05, 4.69) is 27.0 Å². The largest absolute Gasteiger partial charge is 0.322 e. The molecule has 0 bridgehead atoms. The quantitative estimate of drug-likeness (QED) is 0.777. The number of hydrogen-bond acceptors (Lipinski definition) is 1.